The van der Waals surface area contributed by atoms with Crippen LogP contribution in [-0.4, -0.2) is 97.4 Å². The zero-order chi connectivity index (χ0) is 27.7. The Balaban J connectivity index is 1.29. The molecule has 1 saturated carbocycles. The predicted molar refractivity (Wildman–Crippen MR) is 146 cm³/mol. The standard InChI is InChI=1S/C25H32N12O3/c1-25(20(38)28-19-15-26-7-8-27-19)6-3-9-37(25)23-31-21(29-18-14-17(33-34-18)16-4-5-16)30-22(32-23)35-10-12-36(13-11-35)24(39)40-2/h7-8,14-16H,3-6,9-13H2,1-2H3,(H,27,28,38)(H2,29,30,31,32,33,34)/t25-/m0/s1. The van der Waals surface area contributed by atoms with Gasteiger partial charge in [0.25, 0.3) is 5.91 Å². The van der Waals surface area contributed by atoms with Crippen LogP contribution < -0.4 is 20.4 Å². The largest absolute Gasteiger partial charge is 0.453 e. The van der Waals surface area contributed by atoms with Crippen molar-refractivity contribution in [3.63, 3.8) is 0 Å². The van der Waals surface area contributed by atoms with E-state index in [1.807, 2.05) is 22.8 Å². The second-order valence-electron chi connectivity index (χ2n) is 10.4. The molecule has 15 heteroatoms. The summed E-state index contributed by atoms with van der Waals surface area (Å²) in [5.41, 5.74) is 0.173. The van der Waals surface area contributed by atoms with Gasteiger partial charge in [-0.1, -0.05) is 0 Å². The SMILES string of the molecule is COC(=O)N1CCN(c2nc(Nc3cc(C4CC4)[nH]n3)nc(N3CCC[C@@]3(C)C(=O)Nc3cnccn3)n2)CC1. The summed E-state index contributed by atoms with van der Waals surface area (Å²) in [6.07, 6.45) is 7.96. The highest BCUT2D eigenvalue weighted by molar-refractivity contribution is 5.99. The number of methoxy groups -OCH3 is 1. The van der Waals surface area contributed by atoms with E-state index in [1.54, 1.807) is 11.1 Å². The average Bonchev–Trinajstić information content (AvgIpc) is 3.60. The van der Waals surface area contributed by atoms with Crippen molar-refractivity contribution >= 4 is 41.5 Å². The lowest BCUT2D eigenvalue weighted by Crippen LogP contribution is -2.52. The van der Waals surface area contributed by atoms with Crippen molar-refractivity contribution in [1.82, 2.24) is 40.0 Å². The quantitative estimate of drug-likeness (QED) is 0.392. The van der Waals surface area contributed by atoms with Gasteiger partial charge in [0.1, 0.15) is 5.54 Å². The van der Waals surface area contributed by atoms with Gasteiger partial charge in [0.15, 0.2) is 11.6 Å². The number of carbonyl (C=O) groups excluding carboxylic acids is 2. The van der Waals surface area contributed by atoms with Crippen molar-refractivity contribution in [2.45, 2.75) is 44.1 Å². The first-order valence-electron chi connectivity index (χ1n) is 13.4. The summed E-state index contributed by atoms with van der Waals surface area (Å²) < 4.78 is 4.87. The molecule has 0 unspecified atom stereocenters. The van der Waals surface area contributed by atoms with Gasteiger partial charge in [-0.2, -0.15) is 20.1 Å². The van der Waals surface area contributed by atoms with E-state index in [0.29, 0.717) is 74.5 Å². The van der Waals surface area contributed by atoms with Gasteiger partial charge in [-0.05, 0) is 32.6 Å². The van der Waals surface area contributed by atoms with Crippen molar-refractivity contribution in [2.75, 3.05) is 60.3 Å². The Morgan fingerprint density at radius 2 is 1.85 bits per heavy atom. The number of nitrogens with one attached hydrogen (secondary N) is 3. The normalized spacial score (nSPS) is 20.9. The molecule has 3 aromatic rings. The average molecular weight is 549 g/mol. The molecule has 2 aliphatic heterocycles. The smallest absolute Gasteiger partial charge is 0.409 e. The molecule has 3 N–H and O–H groups in total. The highest BCUT2D eigenvalue weighted by Crippen LogP contribution is 2.40. The van der Waals surface area contributed by atoms with Gasteiger partial charge in [-0.25, -0.2) is 9.78 Å². The summed E-state index contributed by atoms with van der Waals surface area (Å²) in [7, 11) is 1.38. The molecule has 6 rings (SSSR count). The second kappa shape index (κ2) is 10.5. The van der Waals surface area contributed by atoms with E-state index in [1.165, 1.54) is 19.5 Å². The molecule has 210 valence electrons. The van der Waals surface area contributed by atoms with Gasteiger partial charge in [0.05, 0.1) is 13.3 Å². The van der Waals surface area contributed by atoms with Crippen LogP contribution in [0.5, 0.6) is 0 Å². The van der Waals surface area contributed by atoms with Crippen LogP contribution in [0.15, 0.2) is 24.7 Å². The Kier molecular flexibility index (Phi) is 6.77. The van der Waals surface area contributed by atoms with Gasteiger partial charge in [-0.3, -0.25) is 14.9 Å². The Bertz CT molecular complexity index is 1370. The highest BCUT2D eigenvalue weighted by Gasteiger charge is 2.45. The zero-order valence-electron chi connectivity index (χ0n) is 22.5. The molecule has 0 aromatic carbocycles. The zero-order valence-corrected chi connectivity index (χ0v) is 22.5. The second-order valence-corrected chi connectivity index (χ2v) is 10.4. The van der Waals surface area contributed by atoms with E-state index < -0.39 is 5.54 Å². The van der Waals surface area contributed by atoms with Crippen LogP contribution in [0.3, 0.4) is 0 Å². The van der Waals surface area contributed by atoms with Crippen LogP contribution in [0.4, 0.5) is 34.3 Å². The molecule has 15 nitrogen and oxygen atoms in total. The van der Waals surface area contributed by atoms with Crippen LogP contribution in [0.25, 0.3) is 0 Å². The number of aromatic nitrogens is 7. The Morgan fingerprint density at radius 3 is 2.58 bits per heavy atom. The van der Waals surface area contributed by atoms with Crippen LogP contribution in [0.1, 0.15) is 44.2 Å². The van der Waals surface area contributed by atoms with Crippen LogP contribution in [-0.2, 0) is 9.53 Å². The van der Waals surface area contributed by atoms with Crippen LogP contribution in [0, 0.1) is 0 Å². The number of ether oxygens (including phenoxy) is 1. The fraction of sp³-hybridized carbons (Fsp3) is 0.520. The lowest BCUT2D eigenvalue weighted by atomic mass is 9.98. The molecule has 1 aliphatic carbocycles. The molecule has 5 heterocycles. The number of aromatic amines is 1. The Hall–Kier alpha value is -4.56. The number of amides is 2. The first kappa shape index (κ1) is 25.7. The molecule has 0 spiro atoms. The molecular weight excluding hydrogens is 516 g/mol. The fourth-order valence-electron chi connectivity index (χ4n) is 5.14. The molecule has 1 atom stereocenters. The summed E-state index contributed by atoms with van der Waals surface area (Å²) >= 11 is 0. The van der Waals surface area contributed by atoms with E-state index in [4.69, 9.17) is 19.7 Å². The number of hydrogen-bond acceptors (Lipinski definition) is 12. The van der Waals surface area contributed by atoms with Crippen molar-refractivity contribution < 1.29 is 14.3 Å². The summed E-state index contributed by atoms with van der Waals surface area (Å²) in [5, 5.41) is 13.6. The Labute approximate surface area is 230 Å². The third-order valence-corrected chi connectivity index (χ3v) is 7.64. The van der Waals surface area contributed by atoms with Crippen molar-refractivity contribution in [3.8, 4) is 0 Å². The predicted octanol–water partition coefficient (Wildman–Crippen LogP) is 1.89. The molecule has 3 aromatic heterocycles. The maximum atomic E-state index is 13.5. The monoisotopic (exact) mass is 548 g/mol. The number of piperazine rings is 1. The number of nitrogens with zero attached hydrogens (tertiary/aromatic N) is 9. The van der Waals surface area contributed by atoms with Gasteiger partial charge in [0.2, 0.25) is 17.8 Å². The fourth-order valence-corrected chi connectivity index (χ4v) is 5.14. The lowest BCUT2D eigenvalue weighted by molar-refractivity contribution is -0.120. The van der Waals surface area contributed by atoms with Crippen molar-refractivity contribution in [3.05, 3.63) is 30.4 Å². The molecule has 3 aliphatic rings. The lowest BCUT2D eigenvalue weighted by Gasteiger charge is -2.36. The van der Waals surface area contributed by atoms with Gasteiger partial charge in [-0.15, -0.1) is 0 Å². The van der Waals surface area contributed by atoms with Gasteiger partial charge < -0.3 is 30.1 Å². The van der Waals surface area contributed by atoms with Gasteiger partial charge >= 0.3 is 6.09 Å². The molecular formula is C25H32N12O3. The van der Waals surface area contributed by atoms with E-state index in [2.05, 4.69) is 30.8 Å². The maximum absolute atomic E-state index is 13.5. The molecule has 40 heavy (non-hydrogen) atoms. The van der Waals surface area contributed by atoms with E-state index in [0.717, 1.165) is 25.0 Å². The minimum atomic E-state index is -0.914. The first-order valence-corrected chi connectivity index (χ1v) is 13.4. The summed E-state index contributed by atoms with van der Waals surface area (Å²) in [6, 6.07) is 1.98. The first-order chi connectivity index (χ1) is 19.4. The molecule has 2 saturated heterocycles. The third-order valence-electron chi connectivity index (χ3n) is 7.64. The third kappa shape index (κ3) is 5.18. The minimum Gasteiger partial charge on any atom is -0.453 e. The van der Waals surface area contributed by atoms with Crippen molar-refractivity contribution in [2.24, 2.45) is 0 Å². The molecule has 2 amide bonds. The molecule has 0 radical (unpaired) electrons. The number of H-pyrrole nitrogens is 1. The Morgan fingerprint density at radius 1 is 1.05 bits per heavy atom. The maximum Gasteiger partial charge on any atom is 0.409 e. The van der Waals surface area contributed by atoms with Gasteiger partial charge in [0, 0.05) is 62.8 Å². The molecule has 0 bridgehead atoms. The van der Waals surface area contributed by atoms with E-state index >= 15 is 0 Å². The van der Waals surface area contributed by atoms with E-state index in [9.17, 15) is 9.59 Å². The summed E-state index contributed by atoms with van der Waals surface area (Å²) in [5.74, 6) is 2.48. The number of anilines is 5. The highest BCUT2D eigenvalue weighted by atomic mass is 16.5. The van der Waals surface area contributed by atoms with Crippen LogP contribution >= 0.6 is 0 Å². The van der Waals surface area contributed by atoms with E-state index in [-0.39, 0.29) is 12.0 Å². The molecule has 3 fully saturated rings. The summed E-state index contributed by atoms with van der Waals surface area (Å²) in [6.45, 7) is 4.48. The minimum absolute atomic E-state index is 0.213. The van der Waals surface area contributed by atoms with Crippen molar-refractivity contribution in [1.29, 1.82) is 0 Å². The number of carbonyl (C=O) groups is 2. The number of rotatable bonds is 7. The number of hydrogen-bond donors (Lipinski definition) is 3. The summed E-state index contributed by atoms with van der Waals surface area (Å²) in [4.78, 5) is 53.5. The topological polar surface area (TPSA) is 170 Å². The van der Waals surface area contributed by atoms with Crippen LogP contribution in [0.2, 0.25) is 0 Å².